The Hall–Kier alpha value is -2.63. The van der Waals surface area contributed by atoms with Crippen LogP contribution >= 0.6 is 0 Å². The second-order valence-electron chi connectivity index (χ2n) is 6.77. The van der Waals surface area contributed by atoms with Gasteiger partial charge in [-0.1, -0.05) is 45.1 Å². The molecule has 1 rings (SSSR count). The van der Waals surface area contributed by atoms with Gasteiger partial charge >= 0.3 is 5.97 Å². The summed E-state index contributed by atoms with van der Waals surface area (Å²) in [6, 6.07) is 6.17. The maximum atomic E-state index is 12.1. The van der Waals surface area contributed by atoms with Gasteiger partial charge in [0.2, 0.25) is 5.91 Å². The number of carbonyl (C=O) groups is 3. The fraction of sp³-hybridized carbons (Fsp3) is 0.421. The number of carboxylic acid groups (broad SMARTS) is 1. The van der Waals surface area contributed by atoms with Crippen LogP contribution in [0, 0.1) is 0 Å². The van der Waals surface area contributed by atoms with Crippen molar-refractivity contribution in [3.8, 4) is 0 Å². The van der Waals surface area contributed by atoms with Gasteiger partial charge in [0.05, 0.1) is 6.54 Å². The number of aliphatic carboxylic acids is 1. The van der Waals surface area contributed by atoms with E-state index in [0.29, 0.717) is 5.56 Å². The molecule has 3 N–H and O–H groups in total. The van der Waals surface area contributed by atoms with Gasteiger partial charge < -0.3 is 15.7 Å². The summed E-state index contributed by atoms with van der Waals surface area (Å²) in [6.07, 6.45) is 3.57. The molecule has 0 heterocycles. The van der Waals surface area contributed by atoms with Crippen molar-refractivity contribution in [2.75, 3.05) is 6.54 Å². The molecule has 1 atom stereocenters. The Bertz CT molecular complexity index is 642. The minimum Gasteiger partial charge on any atom is -0.480 e. The van der Waals surface area contributed by atoms with Crippen LogP contribution in [-0.4, -0.2) is 35.5 Å². The van der Waals surface area contributed by atoms with E-state index in [2.05, 4.69) is 31.4 Å². The molecule has 6 heteroatoms. The molecule has 0 fully saturated rings. The third kappa shape index (κ3) is 6.79. The van der Waals surface area contributed by atoms with Crippen molar-refractivity contribution in [1.82, 2.24) is 10.6 Å². The van der Waals surface area contributed by atoms with Gasteiger partial charge in [-0.25, -0.2) is 4.79 Å². The number of carboxylic acids is 1. The first-order chi connectivity index (χ1) is 11.6. The molecule has 0 radical (unpaired) electrons. The Balaban J connectivity index is 2.57. The molecular formula is C19H26N2O4. The molecule has 6 nitrogen and oxygen atoms in total. The number of hydrogen-bond acceptors (Lipinski definition) is 3. The van der Waals surface area contributed by atoms with Crippen molar-refractivity contribution in [1.29, 1.82) is 0 Å². The Morgan fingerprint density at radius 2 is 1.76 bits per heavy atom. The molecule has 1 aromatic carbocycles. The van der Waals surface area contributed by atoms with Crippen LogP contribution < -0.4 is 10.6 Å². The summed E-state index contributed by atoms with van der Waals surface area (Å²) in [7, 11) is 0. The van der Waals surface area contributed by atoms with Crippen LogP contribution in [0.25, 0.3) is 0 Å². The largest absolute Gasteiger partial charge is 0.480 e. The van der Waals surface area contributed by atoms with Crippen molar-refractivity contribution in [3.05, 3.63) is 47.5 Å². The second kappa shape index (κ2) is 9.01. The van der Waals surface area contributed by atoms with Crippen LogP contribution in [0.2, 0.25) is 0 Å². The minimum atomic E-state index is -1.12. The van der Waals surface area contributed by atoms with Crippen molar-refractivity contribution in [3.63, 3.8) is 0 Å². The van der Waals surface area contributed by atoms with E-state index in [0.717, 1.165) is 5.56 Å². The summed E-state index contributed by atoms with van der Waals surface area (Å²) in [4.78, 5) is 35.0. The van der Waals surface area contributed by atoms with E-state index in [1.165, 1.54) is 0 Å². The van der Waals surface area contributed by atoms with Gasteiger partial charge in [0.25, 0.3) is 5.91 Å². The number of nitrogens with one attached hydrogen (secondary N) is 2. The van der Waals surface area contributed by atoms with E-state index in [4.69, 9.17) is 5.11 Å². The van der Waals surface area contributed by atoms with Crippen LogP contribution in [0.1, 0.15) is 50.0 Å². The number of hydrogen-bond donors (Lipinski definition) is 3. The molecule has 0 aliphatic carbocycles. The molecule has 0 saturated heterocycles. The zero-order valence-electron chi connectivity index (χ0n) is 15.1. The van der Waals surface area contributed by atoms with E-state index in [9.17, 15) is 14.4 Å². The summed E-state index contributed by atoms with van der Waals surface area (Å²) in [5.41, 5.74) is 1.55. The number of carbonyl (C=O) groups excluding carboxylic acids is 2. The topological polar surface area (TPSA) is 95.5 Å². The SMILES string of the molecule is C/C=C/CC(NC(=O)CNC(=O)c1ccc(C(C)(C)C)cc1)C(=O)O. The molecule has 0 spiro atoms. The van der Waals surface area contributed by atoms with Gasteiger partial charge in [0.15, 0.2) is 0 Å². The van der Waals surface area contributed by atoms with Gasteiger partial charge in [0.1, 0.15) is 6.04 Å². The quantitative estimate of drug-likeness (QED) is 0.660. The monoisotopic (exact) mass is 346 g/mol. The van der Waals surface area contributed by atoms with Crippen LogP contribution in [-0.2, 0) is 15.0 Å². The number of benzene rings is 1. The molecule has 0 bridgehead atoms. The van der Waals surface area contributed by atoms with Gasteiger partial charge in [-0.3, -0.25) is 9.59 Å². The molecule has 0 saturated carbocycles. The number of amides is 2. The fourth-order valence-electron chi connectivity index (χ4n) is 2.12. The Morgan fingerprint density at radius 3 is 2.24 bits per heavy atom. The smallest absolute Gasteiger partial charge is 0.326 e. The highest BCUT2D eigenvalue weighted by Crippen LogP contribution is 2.22. The third-order valence-corrected chi connectivity index (χ3v) is 3.66. The van der Waals surface area contributed by atoms with E-state index in [-0.39, 0.29) is 24.3 Å². The van der Waals surface area contributed by atoms with Crippen molar-refractivity contribution in [2.45, 2.75) is 45.6 Å². The first-order valence-electron chi connectivity index (χ1n) is 8.17. The molecule has 1 aromatic rings. The predicted molar refractivity (Wildman–Crippen MR) is 96.5 cm³/mol. The molecule has 2 amide bonds. The molecule has 0 aliphatic heterocycles. The van der Waals surface area contributed by atoms with E-state index < -0.39 is 17.9 Å². The number of allylic oxidation sites excluding steroid dienone is 1. The lowest BCUT2D eigenvalue weighted by Crippen LogP contribution is -2.45. The van der Waals surface area contributed by atoms with Gasteiger partial charge in [-0.15, -0.1) is 0 Å². The average molecular weight is 346 g/mol. The molecule has 0 aromatic heterocycles. The van der Waals surface area contributed by atoms with Crippen LogP contribution in [0.5, 0.6) is 0 Å². The molecule has 1 unspecified atom stereocenters. The Labute approximate surface area is 148 Å². The number of rotatable bonds is 7. The summed E-state index contributed by atoms with van der Waals surface area (Å²) in [5, 5.41) is 13.9. The maximum Gasteiger partial charge on any atom is 0.326 e. The lowest BCUT2D eigenvalue weighted by molar-refractivity contribution is -0.141. The van der Waals surface area contributed by atoms with Crippen LogP contribution in [0.15, 0.2) is 36.4 Å². The summed E-state index contributed by atoms with van der Waals surface area (Å²) >= 11 is 0. The summed E-state index contributed by atoms with van der Waals surface area (Å²) < 4.78 is 0. The van der Waals surface area contributed by atoms with Gasteiger partial charge in [-0.2, -0.15) is 0 Å². The van der Waals surface area contributed by atoms with Crippen LogP contribution in [0.3, 0.4) is 0 Å². The van der Waals surface area contributed by atoms with Crippen molar-refractivity contribution in [2.24, 2.45) is 0 Å². The van der Waals surface area contributed by atoms with E-state index >= 15 is 0 Å². The van der Waals surface area contributed by atoms with Crippen molar-refractivity contribution < 1.29 is 19.5 Å². The molecule has 25 heavy (non-hydrogen) atoms. The Kier molecular flexibility index (Phi) is 7.36. The second-order valence-corrected chi connectivity index (χ2v) is 6.77. The lowest BCUT2D eigenvalue weighted by atomic mass is 9.87. The van der Waals surface area contributed by atoms with Crippen LogP contribution in [0.4, 0.5) is 0 Å². The minimum absolute atomic E-state index is 0.00628. The molecule has 136 valence electrons. The highest BCUT2D eigenvalue weighted by atomic mass is 16.4. The average Bonchev–Trinajstić information content (AvgIpc) is 2.55. The Morgan fingerprint density at radius 1 is 1.16 bits per heavy atom. The normalized spacial score (nSPS) is 12.6. The summed E-state index contributed by atoms with van der Waals surface area (Å²) in [5.74, 6) is -2.04. The predicted octanol–water partition coefficient (Wildman–Crippen LogP) is 2.25. The first-order valence-corrected chi connectivity index (χ1v) is 8.17. The zero-order valence-corrected chi connectivity index (χ0v) is 15.1. The van der Waals surface area contributed by atoms with Gasteiger partial charge in [-0.05, 0) is 36.5 Å². The first kappa shape index (κ1) is 20.4. The van der Waals surface area contributed by atoms with E-state index in [1.54, 1.807) is 31.2 Å². The molecule has 0 aliphatic rings. The highest BCUT2D eigenvalue weighted by molar-refractivity contribution is 5.96. The highest BCUT2D eigenvalue weighted by Gasteiger charge is 2.19. The lowest BCUT2D eigenvalue weighted by Gasteiger charge is -2.19. The maximum absolute atomic E-state index is 12.1. The standard InChI is InChI=1S/C19H26N2O4/c1-5-6-7-15(18(24)25)21-16(22)12-20-17(23)13-8-10-14(11-9-13)19(2,3)4/h5-6,8-11,15H,7,12H2,1-4H3,(H,20,23)(H,21,22)(H,24,25)/b6-5+. The third-order valence-electron chi connectivity index (χ3n) is 3.66. The van der Waals surface area contributed by atoms with E-state index in [1.807, 2.05) is 12.1 Å². The molecular weight excluding hydrogens is 320 g/mol. The zero-order chi connectivity index (χ0) is 19.0. The van der Waals surface area contributed by atoms with Gasteiger partial charge in [0, 0.05) is 5.56 Å². The fourth-order valence-corrected chi connectivity index (χ4v) is 2.12. The van der Waals surface area contributed by atoms with Crippen molar-refractivity contribution >= 4 is 17.8 Å². The summed E-state index contributed by atoms with van der Waals surface area (Å²) in [6.45, 7) is 7.74.